The van der Waals surface area contributed by atoms with E-state index < -0.39 is 40.2 Å². The van der Waals surface area contributed by atoms with Crippen LogP contribution in [0.2, 0.25) is 10.0 Å². The van der Waals surface area contributed by atoms with E-state index in [1.54, 1.807) is 30.3 Å². The molecular weight excluding hydrogens is 540 g/mol. The minimum atomic E-state index is -3.98. The molecule has 0 aliphatic rings. The molecule has 0 bridgehead atoms. The molecule has 0 aliphatic carbocycles. The predicted octanol–water partition coefficient (Wildman–Crippen LogP) is 4.28. The highest BCUT2D eigenvalue weighted by atomic mass is 35.5. The number of hydrogen-bond donors (Lipinski definition) is 1. The zero-order valence-corrected chi connectivity index (χ0v) is 22.5. The van der Waals surface area contributed by atoms with Crippen LogP contribution in [0.15, 0.2) is 72.8 Å². The molecule has 11 heteroatoms. The van der Waals surface area contributed by atoms with Crippen molar-refractivity contribution in [2.75, 3.05) is 24.2 Å². The Balaban J connectivity index is 2.06. The standard InChI is InChI=1S/C26H26Cl2FN3O4S/c1-30-26(34)24(12-18-8-4-3-5-9-18)31(16-19-10-6-7-11-23(19)29)25(33)17-32(37(2,35)36)22-14-20(27)13-21(28)15-22/h3-11,13-15,24H,12,16-17H2,1-2H3,(H,30,34). The average Bonchev–Trinajstić information content (AvgIpc) is 2.84. The predicted molar refractivity (Wildman–Crippen MR) is 144 cm³/mol. The first-order valence-electron chi connectivity index (χ1n) is 11.2. The summed E-state index contributed by atoms with van der Waals surface area (Å²) in [5, 5.41) is 2.92. The molecule has 3 rings (SSSR count). The normalized spacial score (nSPS) is 12.0. The molecule has 0 spiro atoms. The second-order valence-electron chi connectivity index (χ2n) is 8.33. The number of amides is 2. The highest BCUT2D eigenvalue weighted by Gasteiger charge is 2.33. The van der Waals surface area contributed by atoms with Crippen molar-refractivity contribution in [1.82, 2.24) is 10.2 Å². The van der Waals surface area contributed by atoms with Crippen LogP contribution in [0.25, 0.3) is 0 Å². The average molecular weight is 566 g/mol. The van der Waals surface area contributed by atoms with Gasteiger partial charge in [0.2, 0.25) is 21.8 Å². The maximum atomic E-state index is 14.6. The monoisotopic (exact) mass is 565 g/mol. The highest BCUT2D eigenvalue weighted by Crippen LogP contribution is 2.27. The minimum absolute atomic E-state index is 0.0822. The van der Waals surface area contributed by atoms with E-state index in [-0.39, 0.29) is 34.3 Å². The number of anilines is 1. The van der Waals surface area contributed by atoms with Gasteiger partial charge in [-0.1, -0.05) is 71.7 Å². The second kappa shape index (κ2) is 12.4. The van der Waals surface area contributed by atoms with Crippen LogP contribution in [-0.2, 0) is 32.6 Å². The lowest BCUT2D eigenvalue weighted by Gasteiger charge is -2.33. The number of carbonyl (C=O) groups is 2. The van der Waals surface area contributed by atoms with E-state index in [9.17, 15) is 22.4 Å². The molecule has 0 radical (unpaired) electrons. The van der Waals surface area contributed by atoms with Gasteiger partial charge in [0.15, 0.2) is 0 Å². The first-order valence-corrected chi connectivity index (χ1v) is 13.8. The molecule has 7 nitrogen and oxygen atoms in total. The summed E-state index contributed by atoms with van der Waals surface area (Å²) >= 11 is 12.1. The van der Waals surface area contributed by atoms with E-state index in [1.165, 1.54) is 48.3 Å². The number of rotatable bonds is 10. The van der Waals surface area contributed by atoms with E-state index >= 15 is 0 Å². The number of nitrogens with zero attached hydrogens (tertiary/aromatic N) is 2. The third-order valence-electron chi connectivity index (χ3n) is 5.63. The molecule has 1 unspecified atom stereocenters. The van der Waals surface area contributed by atoms with E-state index in [0.29, 0.717) is 0 Å². The van der Waals surface area contributed by atoms with E-state index in [2.05, 4.69) is 5.32 Å². The van der Waals surface area contributed by atoms with Gasteiger partial charge in [0, 0.05) is 35.6 Å². The first-order chi connectivity index (χ1) is 17.5. The Morgan fingerprint density at radius 1 is 0.973 bits per heavy atom. The zero-order valence-electron chi connectivity index (χ0n) is 20.2. The fourth-order valence-corrected chi connectivity index (χ4v) is 5.18. The van der Waals surface area contributed by atoms with Gasteiger partial charge >= 0.3 is 0 Å². The Labute approximate surface area is 225 Å². The number of hydrogen-bond acceptors (Lipinski definition) is 4. The highest BCUT2D eigenvalue weighted by molar-refractivity contribution is 7.92. The Morgan fingerprint density at radius 3 is 2.14 bits per heavy atom. The van der Waals surface area contributed by atoms with Crippen molar-refractivity contribution in [3.05, 3.63) is 99.8 Å². The number of carbonyl (C=O) groups excluding carboxylic acids is 2. The lowest BCUT2D eigenvalue weighted by molar-refractivity contribution is -0.139. The van der Waals surface area contributed by atoms with Crippen molar-refractivity contribution in [3.63, 3.8) is 0 Å². The smallest absolute Gasteiger partial charge is 0.244 e. The summed E-state index contributed by atoms with van der Waals surface area (Å²) in [7, 11) is -2.54. The van der Waals surface area contributed by atoms with Gasteiger partial charge in [-0.05, 0) is 29.8 Å². The molecular formula is C26H26Cl2FN3O4S. The van der Waals surface area contributed by atoms with Gasteiger partial charge in [-0.15, -0.1) is 0 Å². The van der Waals surface area contributed by atoms with Gasteiger partial charge in [-0.2, -0.15) is 0 Å². The molecule has 3 aromatic rings. The van der Waals surface area contributed by atoms with Crippen LogP contribution >= 0.6 is 23.2 Å². The topological polar surface area (TPSA) is 86.8 Å². The molecule has 0 saturated carbocycles. The van der Waals surface area contributed by atoms with Crippen LogP contribution in [0.5, 0.6) is 0 Å². The number of benzene rings is 3. The van der Waals surface area contributed by atoms with Crippen LogP contribution in [0.3, 0.4) is 0 Å². The second-order valence-corrected chi connectivity index (χ2v) is 11.1. The summed E-state index contributed by atoms with van der Waals surface area (Å²) in [6, 6.07) is 18.0. The summed E-state index contributed by atoms with van der Waals surface area (Å²) in [4.78, 5) is 28.0. The fraction of sp³-hybridized carbons (Fsp3) is 0.231. The molecule has 1 N–H and O–H groups in total. The fourth-order valence-electron chi connectivity index (χ4n) is 3.83. The molecule has 0 saturated heterocycles. The molecule has 0 heterocycles. The third-order valence-corrected chi connectivity index (χ3v) is 7.21. The maximum absolute atomic E-state index is 14.6. The quantitative estimate of drug-likeness (QED) is 0.397. The van der Waals surface area contributed by atoms with Gasteiger partial charge < -0.3 is 10.2 Å². The summed E-state index contributed by atoms with van der Waals surface area (Å²) < 4.78 is 40.9. The number of likely N-dealkylation sites (N-methyl/N-ethyl adjacent to an activating group) is 1. The molecule has 0 aromatic heterocycles. The third kappa shape index (κ3) is 7.67. The van der Waals surface area contributed by atoms with E-state index in [1.807, 2.05) is 6.07 Å². The van der Waals surface area contributed by atoms with Crippen molar-refractivity contribution >= 4 is 50.7 Å². The minimum Gasteiger partial charge on any atom is -0.357 e. The summed E-state index contributed by atoms with van der Waals surface area (Å²) in [5.41, 5.74) is 1.03. The van der Waals surface area contributed by atoms with Crippen molar-refractivity contribution in [1.29, 1.82) is 0 Å². The molecule has 2 amide bonds. The van der Waals surface area contributed by atoms with E-state index in [0.717, 1.165) is 16.1 Å². The van der Waals surface area contributed by atoms with Gasteiger partial charge in [0.25, 0.3) is 0 Å². The van der Waals surface area contributed by atoms with Gasteiger partial charge in [-0.3, -0.25) is 13.9 Å². The molecule has 37 heavy (non-hydrogen) atoms. The van der Waals surface area contributed by atoms with E-state index in [4.69, 9.17) is 23.2 Å². The van der Waals surface area contributed by atoms with Crippen LogP contribution in [0.4, 0.5) is 10.1 Å². The Morgan fingerprint density at radius 2 is 1.57 bits per heavy atom. The van der Waals surface area contributed by atoms with Crippen LogP contribution in [0, 0.1) is 5.82 Å². The lowest BCUT2D eigenvalue weighted by Crippen LogP contribution is -2.53. The molecule has 0 fully saturated rings. The largest absolute Gasteiger partial charge is 0.357 e. The zero-order chi connectivity index (χ0) is 27.2. The summed E-state index contributed by atoms with van der Waals surface area (Å²) in [5.74, 6) is -1.75. The summed E-state index contributed by atoms with van der Waals surface area (Å²) in [6.45, 7) is -0.920. The van der Waals surface area contributed by atoms with Crippen LogP contribution in [-0.4, -0.2) is 51.0 Å². The van der Waals surface area contributed by atoms with Crippen molar-refractivity contribution in [2.24, 2.45) is 0 Å². The SMILES string of the molecule is CNC(=O)C(Cc1ccccc1)N(Cc1ccccc1F)C(=O)CN(c1cc(Cl)cc(Cl)c1)S(C)(=O)=O. The van der Waals surface area contributed by atoms with Gasteiger partial charge in [0.05, 0.1) is 11.9 Å². The lowest BCUT2D eigenvalue weighted by atomic mass is 10.0. The molecule has 196 valence electrons. The first kappa shape index (κ1) is 28.4. The van der Waals surface area contributed by atoms with Crippen molar-refractivity contribution in [3.8, 4) is 0 Å². The van der Waals surface area contributed by atoms with Crippen LogP contribution in [0.1, 0.15) is 11.1 Å². The van der Waals surface area contributed by atoms with Crippen molar-refractivity contribution < 1.29 is 22.4 Å². The van der Waals surface area contributed by atoms with Gasteiger partial charge in [-0.25, -0.2) is 12.8 Å². The number of sulfonamides is 1. The maximum Gasteiger partial charge on any atom is 0.244 e. The van der Waals surface area contributed by atoms with Gasteiger partial charge in [0.1, 0.15) is 18.4 Å². The van der Waals surface area contributed by atoms with Crippen molar-refractivity contribution in [2.45, 2.75) is 19.0 Å². The number of nitrogens with one attached hydrogen (secondary N) is 1. The summed E-state index contributed by atoms with van der Waals surface area (Å²) in [6.07, 6.45) is 1.07. The Bertz CT molecular complexity index is 1350. The van der Waals surface area contributed by atoms with Crippen LogP contribution < -0.4 is 9.62 Å². The number of halogens is 3. The Hall–Kier alpha value is -3.14. The molecule has 1 atom stereocenters. The molecule has 0 aliphatic heterocycles. The molecule has 3 aromatic carbocycles. The Kier molecular flexibility index (Phi) is 9.53.